The molecule has 2 aliphatic carbocycles. The van der Waals surface area contributed by atoms with Gasteiger partial charge in [0.2, 0.25) is 5.91 Å². The Kier molecular flexibility index (Phi) is 7.32. The largest absolute Gasteiger partial charge is 0.484 e. The molecule has 7 nitrogen and oxygen atoms in total. The first kappa shape index (κ1) is 23.3. The summed E-state index contributed by atoms with van der Waals surface area (Å²) in [5.74, 6) is 0.596. The number of hydrogen-bond acceptors (Lipinski definition) is 5. The van der Waals surface area contributed by atoms with Gasteiger partial charge >= 0.3 is 0 Å². The maximum Gasteiger partial charge on any atom is 0.261 e. The summed E-state index contributed by atoms with van der Waals surface area (Å²) in [6, 6.07) is 8.38. The molecular weight excluding hydrogens is 418 g/mol. The zero-order valence-corrected chi connectivity index (χ0v) is 19.3. The first-order chi connectivity index (χ1) is 16.0. The summed E-state index contributed by atoms with van der Waals surface area (Å²) in [5.41, 5.74) is 1.11. The lowest BCUT2D eigenvalue weighted by molar-refractivity contribution is -0.141. The number of Topliss-reactive ketones (excluding diaryl/α,β-unsaturated/α-hetero) is 1. The van der Waals surface area contributed by atoms with Crippen LogP contribution in [0.4, 0.5) is 0 Å². The maximum atomic E-state index is 13.3. The van der Waals surface area contributed by atoms with Crippen molar-refractivity contribution in [2.45, 2.75) is 70.4 Å². The lowest BCUT2D eigenvalue weighted by Crippen LogP contribution is -2.52. The zero-order valence-electron chi connectivity index (χ0n) is 19.3. The third kappa shape index (κ3) is 5.38. The van der Waals surface area contributed by atoms with Crippen LogP contribution in [0.5, 0.6) is 5.75 Å². The van der Waals surface area contributed by atoms with Crippen LogP contribution in [-0.2, 0) is 14.4 Å². The predicted molar refractivity (Wildman–Crippen MR) is 122 cm³/mol. The van der Waals surface area contributed by atoms with Gasteiger partial charge in [-0.1, -0.05) is 30.5 Å². The number of amides is 2. The molecular formula is C26H33N3O4. The fourth-order valence-corrected chi connectivity index (χ4v) is 5.75. The highest BCUT2D eigenvalue weighted by Crippen LogP contribution is 2.42. The molecule has 1 aromatic rings. The Morgan fingerprint density at radius 1 is 1.18 bits per heavy atom. The summed E-state index contributed by atoms with van der Waals surface area (Å²) < 4.78 is 5.69. The highest BCUT2D eigenvalue weighted by Gasteiger charge is 2.49. The lowest BCUT2D eigenvalue weighted by atomic mass is 9.83. The van der Waals surface area contributed by atoms with E-state index < -0.39 is 12.1 Å². The minimum absolute atomic E-state index is 0.115. The van der Waals surface area contributed by atoms with Gasteiger partial charge in [-0.25, -0.2) is 0 Å². The Morgan fingerprint density at radius 2 is 1.97 bits per heavy atom. The second-order valence-corrected chi connectivity index (χ2v) is 9.78. The molecule has 0 spiro atoms. The molecule has 3 fully saturated rings. The number of ether oxygens (including phenoxy) is 1. The first-order valence-electron chi connectivity index (χ1n) is 12.2. The van der Waals surface area contributed by atoms with Crippen LogP contribution in [0.25, 0.3) is 0 Å². The van der Waals surface area contributed by atoms with E-state index in [0.29, 0.717) is 31.1 Å². The molecule has 0 radical (unpaired) electrons. The third-order valence-corrected chi connectivity index (χ3v) is 7.54. The number of carbonyl (C=O) groups excluding carboxylic acids is 3. The molecule has 1 aliphatic heterocycles. The molecule has 0 aromatic heterocycles. The van der Waals surface area contributed by atoms with E-state index in [1.165, 1.54) is 0 Å². The molecule has 1 saturated heterocycles. The molecule has 33 heavy (non-hydrogen) atoms. The van der Waals surface area contributed by atoms with Crippen LogP contribution in [0.3, 0.4) is 0 Å². The summed E-state index contributed by atoms with van der Waals surface area (Å²) in [6.07, 6.45) is 6.56. The molecule has 0 bridgehead atoms. The van der Waals surface area contributed by atoms with Gasteiger partial charge < -0.3 is 15.0 Å². The van der Waals surface area contributed by atoms with Crippen LogP contribution in [0, 0.1) is 36.0 Å². The average molecular weight is 452 g/mol. The van der Waals surface area contributed by atoms with E-state index in [9.17, 15) is 19.6 Å². The topological polar surface area (TPSA) is 99.5 Å². The van der Waals surface area contributed by atoms with Crippen LogP contribution in [0.15, 0.2) is 24.3 Å². The monoisotopic (exact) mass is 451 g/mol. The lowest BCUT2D eigenvalue weighted by Gasteiger charge is -2.29. The van der Waals surface area contributed by atoms with Crippen molar-refractivity contribution >= 4 is 17.6 Å². The average Bonchev–Trinajstić information content (AvgIpc) is 3.40. The van der Waals surface area contributed by atoms with E-state index >= 15 is 0 Å². The molecule has 2 saturated carbocycles. The van der Waals surface area contributed by atoms with E-state index in [2.05, 4.69) is 11.4 Å². The highest BCUT2D eigenvalue weighted by atomic mass is 16.5. The Morgan fingerprint density at radius 3 is 2.70 bits per heavy atom. The van der Waals surface area contributed by atoms with Crippen molar-refractivity contribution in [3.05, 3.63) is 29.8 Å². The highest BCUT2D eigenvalue weighted by molar-refractivity contribution is 5.89. The van der Waals surface area contributed by atoms with Crippen LogP contribution < -0.4 is 10.1 Å². The number of aryl methyl sites for hydroxylation is 1. The van der Waals surface area contributed by atoms with E-state index in [1.807, 2.05) is 31.2 Å². The van der Waals surface area contributed by atoms with Crippen molar-refractivity contribution in [2.24, 2.45) is 17.8 Å². The maximum absolute atomic E-state index is 13.3. The predicted octanol–water partition coefficient (Wildman–Crippen LogP) is 3.16. The molecule has 1 aromatic carbocycles. The van der Waals surface area contributed by atoms with Gasteiger partial charge in [0.05, 0.1) is 6.07 Å². The van der Waals surface area contributed by atoms with Gasteiger partial charge in [-0.15, -0.1) is 0 Å². The SMILES string of the molecule is Cc1ccc(OCC(=O)N2C[C@@H]3CCC[C@@H]3C2C(=O)N[C@H](C#N)C[C@@H]2CCCCC2=O)cc1. The zero-order chi connectivity index (χ0) is 23.4. The van der Waals surface area contributed by atoms with Gasteiger partial charge in [0.15, 0.2) is 6.61 Å². The van der Waals surface area contributed by atoms with Crippen molar-refractivity contribution in [3.8, 4) is 11.8 Å². The van der Waals surface area contributed by atoms with E-state index in [-0.39, 0.29) is 36.0 Å². The van der Waals surface area contributed by atoms with Crippen LogP contribution >= 0.6 is 0 Å². The van der Waals surface area contributed by atoms with Crippen molar-refractivity contribution in [1.29, 1.82) is 5.26 Å². The number of nitrogens with one attached hydrogen (secondary N) is 1. The molecule has 1 unspecified atom stereocenters. The number of fused-ring (bicyclic) bond motifs is 1. The second-order valence-electron chi connectivity index (χ2n) is 9.78. The number of nitrogens with zero attached hydrogens (tertiary/aromatic N) is 2. The van der Waals surface area contributed by atoms with Gasteiger partial charge in [0, 0.05) is 18.9 Å². The Bertz CT molecular complexity index is 922. The first-order valence-corrected chi connectivity index (χ1v) is 12.2. The van der Waals surface area contributed by atoms with E-state index in [4.69, 9.17) is 4.74 Å². The number of ketones is 1. The molecule has 5 atom stereocenters. The number of rotatable bonds is 7. The standard InChI is InChI=1S/C26H33N3O4/c1-17-9-11-21(12-10-17)33-16-24(31)29-15-19-6-4-7-22(19)25(29)26(32)28-20(14-27)13-18-5-2-3-8-23(18)30/h9-12,18-20,22,25H,2-8,13,15-16H2,1H3,(H,28,32)/t18-,19-,20-,22-,25?/m0/s1. The van der Waals surface area contributed by atoms with Gasteiger partial charge in [-0.05, 0) is 63.0 Å². The molecule has 1 N–H and O–H groups in total. The number of benzene rings is 1. The van der Waals surface area contributed by atoms with Gasteiger partial charge in [-0.3, -0.25) is 14.4 Å². The van der Waals surface area contributed by atoms with Gasteiger partial charge in [0.25, 0.3) is 5.91 Å². The number of hydrogen-bond donors (Lipinski definition) is 1. The quantitative estimate of drug-likeness (QED) is 0.686. The molecule has 4 rings (SSSR count). The smallest absolute Gasteiger partial charge is 0.261 e. The minimum atomic E-state index is -0.717. The Balaban J connectivity index is 1.40. The Hall–Kier alpha value is -2.88. The second kappa shape index (κ2) is 10.4. The molecule has 7 heteroatoms. The molecule has 2 amide bonds. The van der Waals surface area contributed by atoms with Gasteiger partial charge in [0.1, 0.15) is 23.6 Å². The Labute approximate surface area is 195 Å². The minimum Gasteiger partial charge on any atom is -0.484 e. The number of likely N-dealkylation sites (tertiary alicyclic amines) is 1. The summed E-state index contributed by atoms with van der Waals surface area (Å²) in [4.78, 5) is 40.2. The number of nitriles is 1. The van der Waals surface area contributed by atoms with Crippen molar-refractivity contribution in [3.63, 3.8) is 0 Å². The normalized spacial score (nSPS) is 27.5. The third-order valence-electron chi connectivity index (χ3n) is 7.54. The fourth-order valence-electron chi connectivity index (χ4n) is 5.75. The van der Waals surface area contributed by atoms with Crippen LogP contribution in [0.2, 0.25) is 0 Å². The summed E-state index contributed by atoms with van der Waals surface area (Å²) in [6.45, 7) is 2.42. The van der Waals surface area contributed by atoms with Crippen LogP contribution in [0.1, 0.15) is 56.9 Å². The molecule has 1 heterocycles. The van der Waals surface area contributed by atoms with Crippen molar-refractivity contribution in [2.75, 3.05) is 13.2 Å². The summed E-state index contributed by atoms with van der Waals surface area (Å²) >= 11 is 0. The fraction of sp³-hybridized carbons (Fsp3) is 0.615. The van der Waals surface area contributed by atoms with Crippen molar-refractivity contribution in [1.82, 2.24) is 10.2 Å². The van der Waals surface area contributed by atoms with Crippen LogP contribution in [-0.4, -0.2) is 47.7 Å². The molecule has 176 valence electrons. The number of carbonyl (C=O) groups is 3. The van der Waals surface area contributed by atoms with Gasteiger partial charge in [-0.2, -0.15) is 5.26 Å². The van der Waals surface area contributed by atoms with Crippen molar-refractivity contribution < 1.29 is 19.1 Å². The molecule has 3 aliphatic rings. The van der Waals surface area contributed by atoms with E-state index in [0.717, 1.165) is 44.1 Å². The van der Waals surface area contributed by atoms with E-state index in [1.54, 1.807) is 4.90 Å². The summed E-state index contributed by atoms with van der Waals surface area (Å²) in [5, 5.41) is 12.5. The summed E-state index contributed by atoms with van der Waals surface area (Å²) in [7, 11) is 0.